The monoisotopic (exact) mass is 418 g/mol. The van der Waals surface area contributed by atoms with Crippen molar-refractivity contribution in [1.82, 2.24) is 14.1 Å². The normalized spacial score (nSPS) is 13.3. The summed E-state index contributed by atoms with van der Waals surface area (Å²) in [5.41, 5.74) is 2.98. The highest BCUT2D eigenvalue weighted by Gasteiger charge is 2.18. The third-order valence-electron chi connectivity index (χ3n) is 5.13. The summed E-state index contributed by atoms with van der Waals surface area (Å²) in [4.78, 5) is 21.6. The van der Waals surface area contributed by atoms with E-state index in [2.05, 4.69) is 9.98 Å². The number of ether oxygens (including phenoxy) is 2. The van der Waals surface area contributed by atoms with Crippen LogP contribution in [0.4, 0.5) is 4.39 Å². The second-order valence-electron chi connectivity index (χ2n) is 7.19. The number of aryl methyl sites for hydroxylation is 1. The minimum atomic E-state index is -0.299. The number of imidazole rings is 1. The van der Waals surface area contributed by atoms with Crippen molar-refractivity contribution in [1.29, 1.82) is 0 Å². The van der Waals surface area contributed by atoms with Crippen molar-refractivity contribution >= 4 is 16.9 Å². The van der Waals surface area contributed by atoms with Crippen molar-refractivity contribution < 1.29 is 13.9 Å². The molecule has 0 atom stereocenters. The Balaban J connectivity index is 1.41. The summed E-state index contributed by atoms with van der Waals surface area (Å²) in [5.74, 6) is 1.36. The van der Waals surface area contributed by atoms with Crippen molar-refractivity contribution in [3.05, 3.63) is 88.4 Å². The van der Waals surface area contributed by atoms with Gasteiger partial charge >= 0.3 is 0 Å². The minimum absolute atomic E-state index is 0.221. The molecule has 0 spiro atoms. The summed E-state index contributed by atoms with van der Waals surface area (Å²) < 4.78 is 27.7. The molecule has 1 aliphatic heterocycles. The number of hydrogen-bond acceptors (Lipinski definition) is 5. The Morgan fingerprint density at radius 3 is 2.71 bits per heavy atom. The molecule has 4 aromatic rings. The highest BCUT2D eigenvalue weighted by Crippen LogP contribution is 2.21. The number of pyridine rings is 1. The number of hydrogen-bond donors (Lipinski definition) is 0. The fourth-order valence-corrected chi connectivity index (χ4v) is 3.50. The standard InChI is InChI=1S/C23H19FN4O3/c1-27-20-12-17(6-7-19(20)26-22(27)23-25-9-11-30-23)28-10-8-18(13-21(28)29)31-14-15-2-4-16(24)5-3-15/h2-8,10,12-13H,9,11,14H2,1H3. The fourth-order valence-electron chi connectivity index (χ4n) is 3.50. The first kappa shape index (κ1) is 19.0. The molecule has 0 amide bonds. The van der Waals surface area contributed by atoms with Crippen LogP contribution in [0.15, 0.2) is 70.6 Å². The van der Waals surface area contributed by atoms with E-state index in [0.29, 0.717) is 36.3 Å². The third kappa shape index (κ3) is 3.68. The second kappa shape index (κ2) is 7.71. The zero-order chi connectivity index (χ0) is 21.4. The van der Waals surface area contributed by atoms with Gasteiger partial charge in [-0.25, -0.2) is 14.4 Å². The Kier molecular flexibility index (Phi) is 4.74. The first-order chi connectivity index (χ1) is 15.1. The Bertz CT molecular complexity index is 1360. The molecule has 0 aliphatic carbocycles. The van der Waals surface area contributed by atoms with Gasteiger partial charge in [-0.15, -0.1) is 0 Å². The fraction of sp³-hybridized carbons (Fsp3) is 0.174. The van der Waals surface area contributed by atoms with Crippen LogP contribution in [-0.4, -0.2) is 33.2 Å². The minimum Gasteiger partial charge on any atom is -0.489 e. The predicted octanol–water partition coefficient (Wildman–Crippen LogP) is 3.22. The molecule has 0 radical (unpaired) electrons. The van der Waals surface area contributed by atoms with Crippen LogP contribution in [0.25, 0.3) is 16.7 Å². The predicted molar refractivity (Wildman–Crippen MR) is 114 cm³/mol. The molecule has 31 heavy (non-hydrogen) atoms. The van der Waals surface area contributed by atoms with Gasteiger partial charge in [-0.2, -0.15) is 0 Å². The van der Waals surface area contributed by atoms with Crippen molar-refractivity contribution in [2.45, 2.75) is 6.61 Å². The first-order valence-corrected chi connectivity index (χ1v) is 9.83. The average molecular weight is 418 g/mol. The van der Waals surface area contributed by atoms with Gasteiger partial charge in [0.15, 0.2) is 5.82 Å². The number of benzene rings is 2. The lowest BCUT2D eigenvalue weighted by Crippen LogP contribution is -2.16. The number of halogens is 1. The maximum atomic E-state index is 13.0. The van der Waals surface area contributed by atoms with E-state index >= 15 is 0 Å². The first-order valence-electron chi connectivity index (χ1n) is 9.83. The van der Waals surface area contributed by atoms with Crippen LogP contribution >= 0.6 is 0 Å². The highest BCUT2D eigenvalue weighted by molar-refractivity contribution is 5.95. The topological polar surface area (TPSA) is 70.6 Å². The molecule has 0 fully saturated rings. The molecule has 0 unspecified atom stereocenters. The lowest BCUT2D eigenvalue weighted by molar-refractivity contribution is 0.305. The molecule has 156 valence electrons. The third-order valence-corrected chi connectivity index (χ3v) is 5.13. The maximum absolute atomic E-state index is 13.0. The van der Waals surface area contributed by atoms with Crippen molar-refractivity contribution in [3.63, 3.8) is 0 Å². The van der Waals surface area contributed by atoms with Gasteiger partial charge in [0.25, 0.3) is 11.5 Å². The highest BCUT2D eigenvalue weighted by atomic mass is 19.1. The molecule has 0 saturated heterocycles. The van der Waals surface area contributed by atoms with Crippen LogP contribution < -0.4 is 10.3 Å². The molecule has 0 saturated carbocycles. The molecule has 7 nitrogen and oxygen atoms in total. The quantitative estimate of drug-likeness (QED) is 0.499. The van der Waals surface area contributed by atoms with E-state index in [-0.39, 0.29) is 18.0 Å². The van der Waals surface area contributed by atoms with E-state index < -0.39 is 0 Å². The van der Waals surface area contributed by atoms with Gasteiger partial charge in [-0.3, -0.25) is 9.36 Å². The van der Waals surface area contributed by atoms with Gasteiger partial charge < -0.3 is 14.0 Å². The Labute approximate surface area is 177 Å². The summed E-state index contributed by atoms with van der Waals surface area (Å²) in [6, 6.07) is 14.8. The number of fused-ring (bicyclic) bond motifs is 1. The molecule has 2 aromatic carbocycles. The van der Waals surface area contributed by atoms with E-state index in [4.69, 9.17) is 9.47 Å². The second-order valence-corrected chi connectivity index (χ2v) is 7.19. The van der Waals surface area contributed by atoms with E-state index in [0.717, 1.165) is 16.6 Å². The molecule has 8 heteroatoms. The molecule has 1 aliphatic rings. The van der Waals surface area contributed by atoms with Crippen LogP contribution in [0.1, 0.15) is 11.4 Å². The van der Waals surface area contributed by atoms with Crippen LogP contribution in [0.5, 0.6) is 5.75 Å². The van der Waals surface area contributed by atoms with Crippen LogP contribution in [-0.2, 0) is 18.4 Å². The molecule has 3 heterocycles. The molecule has 0 N–H and O–H groups in total. The van der Waals surface area contributed by atoms with E-state index in [1.165, 1.54) is 18.2 Å². The average Bonchev–Trinajstić information content (AvgIpc) is 3.41. The molecular formula is C23H19FN4O3. The van der Waals surface area contributed by atoms with Crippen molar-refractivity contribution in [2.24, 2.45) is 12.0 Å². The lowest BCUT2D eigenvalue weighted by Gasteiger charge is -2.09. The summed E-state index contributed by atoms with van der Waals surface area (Å²) >= 11 is 0. The number of aliphatic imine (C=N–C) groups is 1. The SMILES string of the molecule is Cn1c(C2=NCCO2)nc2ccc(-n3ccc(OCc4ccc(F)cc4)cc3=O)cc21. The van der Waals surface area contributed by atoms with Gasteiger partial charge in [-0.05, 0) is 42.0 Å². The Hall–Kier alpha value is -3.94. The van der Waals surface area contributed by atoms with E-state index in [9.17, 15) is 9.18 Å². The van der Waals surface area contributed by atoms with Gasteiger partial charge in [0.1, 0.15) is 24.8 Å². The van der Waals surface area contributed by atoms with Gasteiger partial charge in [0.2, 0.25) is 0 Å². The number of aromatic nitrogens is 3. The van der Waals surface area contributed by atoms with E-state index in [1.807, 2.05) is 29.8 Å². The van der Waals surface area contributed by atoms with Crippen LogP contribution in [0.3, 0.4) is 0 Å². The Morgan fingerprint density at radius 2 is 1.97 bits per heavy atom. The van der Waals surface area contributed by atoms with Crippen LogP contribution in [0, 0.1) is 5.82 Å². The van der Waals surface area contributed by atoms with Gasteiger partial charge in [0.05, 0.1) is 23.3 Å². The van der Waals surface area contributed by atoms with E-state index in [1.54, 1.807) is 29.0 Å². The van der Waals surface area contributed by atoms with Crippen molar-refractivity contribution in [2.75, 3.05) is 13.2 Å². The lowest BCUT2D eigenvalue weighted by atomic mass is 10.2. The summed E-state index contributed by atoms with van der Waals surface area (Å²) in [6.07, 6.45) is 1.67. The molecule has 0 bridgehead atoms. The molecular weight excluding hydrogens is 399 g/mol. The number of nitrogens with zero attached hydrogens (tertiary/aromatic N) is 4. The van der Waals surface area contributed by atoms with Crippen molar-refractivity contribution in [3.8, 4) is 11.4 Å². The summed E-state index contributed by atoms with van der Waals surface area (Å²) in [7, 11) is 1.90. The van der Waals surface area contributed by atoms with Gasteiger partial charge in [-0.1, -0.05) is 12.1 Å². The summed E-state index contributed by atoms with van der Waals surface area (Å²) in [6.45, 7) is 1.45. The van der Waals surface area contributed by atoms with Gasteiger partial charge in [0, 0.05) is 19.3 Å². The number of rotatable bonds is 5. The van der Waals surface area contributed by atoms with Crippen LogP contribution in [0.2, 0.25) is 0 Å². The molecule has 2 aromatic heterocycles. The maximum Gasteiger partial charge on any atom is 0.258 e. The summed E-state index contributed by atoms with van der Waals surface area (Å²) in [5, 5.41) is 0. The largest absolute Gasteiger partial charge is 0.489 e. The zero-order valence-electron chi connectivity index (χ0n) is 16.8. The zero-order valence-corrected chi connectivity index (χ0v) is 16.8. The molecule has 5 rings (SSSR count). The smallest absolute Gasteiger partial charge is 0.258 e. The Morgan fingerprint density at radius 1 is 1.13 bits per heavy atom.